The van der Waals surface area contributed by atoms with Crippen LogP contribution in [-0.4, -0.2) is 6.54 Å². The van der Waals surface area contributed by atoms with Gasteiger partial charge < -0.3 is 9.73 Å². The predicted octanol–water partition coefficient (Wildman–Crippen LogP) is 2.89. The van der Waals surface area contributed by atoms with Gasteiger partial charge in [0.15, 0.2) is 0 Å². The van der Waals surface area contributed by atoms with E-state index in [1.165, 1.54) is 12.8 Å². The lowest BCUT2D eigenvalue weighted by atomic mass is 9.94. The van der Waals surface area contributed by atoms with Gasteiger partial charge in [-0.2, -0.15) is 0 Å². The number of aryl methyl sites for hydroxylation is 1. The maximum Gasteiger partial charge on any atom is 0.117 e. The Morgan fingerprint density at radius 1 is 1.31 bits per heavy atom. The van der Waals surface area contributed by atoms with E-state index in [1.54, 1.807) is 0 Å². The molecule has 0 aromatic carbocycles. The van der Waals surface area contributed by atoms with Crippen molar-refractivity contribution in [1.82, 2.24) is 5.32 Å². The van der Waals surface area contributed by atoms with Gasteiger partial charge in [0, 0.05) is 0 Å². The summed E-state index contributed by atoms with van der Waals surface area (Å²) in [5.41, 5.74) is 0. The molecule has 3 atom stereocenters. The summed E-state index contributed by atoms with van der Waals surface area (Å²) in [4.78, 5) is 0. The monoisotopic (exact) mass is 217 g/mol. The van der Waals surface area contributed by atoms with Crippen molar-refractivity contribution in [2.75, 3.05) is 6.54 Å². The molecule has 3 unspecified atom stereocenters. The fourth-order valence-electron chi connectivity index (χ4n) is 3.09. The first kappa shape index (κ1) is 10.2. The summed E-state index contributed by atoms with van der Waals surface area (Å²) < 4.78 is 5.53. The number of nitrogens with one attached hydrogen (secondary N) is 1. The lowest BCUT2D eigenvalue weighted by Crippen LogP contribution is -2.24. The summed E-state index contributed by atoms with van der Waals surface area (Å²) in [6.45, 7) is 3.99. The summed E-state index contributed by atoms with van der Waals surface area (Å²) in [5.74, 6) is 4.63. The average molecular weight is 217 g/mol. The average Bonchev–Trinajstić information content (AvgIpc) is 2.94. The normalized spacial score (nSPS) is 31.4. The molecular formula is C14H19NO. The van der Waals surface area contributed by atoms with Gasteiger partial charge in [0.1, 0.15) is 11.5 Å². The van der Waals surface area contributed by atoms with Crippen LogP contribution in [0.3, 0.4) is 0 Å². The molecule has 0 spiro atoms. The van der Waals surface area contributed by atoms with E-state index in [-0.39, 0.29) is 0 Å². The third-order valence-electron chi connectivity index (χ3n) is 3.92. The van der Waals surface area contributed by atoms with Gasteiger partial charge in [-0.1, -0.05) is 12.2 Å². The van der Waals surface area contributed by atoms with Crippen LogP contribution in [0.5, 0.6) is 0 Å². The molecule has 86 valence electrons. The Hall–Kier alpha value is -1.02. The Bertz CT molecular complexity index is 393. The van der Waals surface area contributed by atoms with Gasteiger partial charge in [-0.25, -0.2) is 0 Å². The zero-order valence-corrected chi connectivity index (χ0v) is 9.78. The molecule has 1 heterocycles. The molecule has 2 aliphatic rings. The molecule has 3 rings (SSSR count). The molecule has 16 heavy (non-hydrogen) atoms. The number of furan rings is 1. The van der Waals surface area contributed by atoms with Gasteiger partial charge in [0.25, 0.3) is 0 Å². The second-order valence-corrected chi connectivity index (χ2v) is 5.18. The van der Waals surface area contributed by atoms with Crippen LogP contribution in [0.25, 0.3) is 0 Å². The molecule has 1 aromatic rings. The molecule has 2 heteroatoms. The smallest absolute Gasteiger partial charge is 0.117 e. The molecule has 2 nitrogen and oxygen atoms in total. The summed E-state index contributed by atoms with van der Waals surface area (Å²) in [6, 6.07) is 4.08. The van der Waals surface area contributed by atoms with Gasteiger partial charge >= 0.3 is 0 Å². The molecule has 0 amide bonds. The number of rotatable bonds is 4. The Labute approximate surface area is 96.7 Å². The van der Waals surface area contributed by atoms with Crippen LogP contribution in [0.4, 0.5) is 0 Å². The highest BCUT2D eigenvalue weighted by atomic mass is 16.3. The Morgan fingerprint density at radius 2 is 2.25 bits per heavy atom. The first-order chi connectivity index (χ1) is 7.81. The fourth-order valence-corrected chi connectivity index (χ4v) is 3.09. The third-order valence-corrected chi connectivity index (χ3v) is 3.92. The predicted molar refractivity (Wildman–Crippen MR) is 64.0 cm³/mol. The molecule has 2 aliphatic carbocycles. The van der Waals surface area contributed by atoms with Crippen LogP contribution >= 0.6 is 0 Å². The van der Waals surface area contributed by atoms with Crippen LogP contribution in [0, 0.1) is 24.7 Å². The molecular weight excluding hydrogens is 198 g/mol. The van der Waals surface area contributed by atoms with Gasteiger partial charge in [0.2, 0.25) is 0 Å². The van der Waals surface area contributed by atoms with Gasteiger partial charge in [-0.15, -0.1) is 0 Å². The maximum atomic E-state index is 5.53. The second-order valence-electron chi connectivity index (χ2n) is 5.18. The van der Waals surface area contributed by atoms with E-state index in [0.717, 1.165) is 42.4 Å². The maximum absolute atomic E-state index is 5.53. The van der Waals surface area contributed by atoms with Gasteiger partial charge in [0.05, 0.1) is 6.54 Å². The first-order valence-corrected chi connectivity index (χ1v) is 6.25. The van der Waals surface area contributed by atoms with E-state index in [2.05, 4.69) is 23.5 Å². The number of hydrogen-bond donors (Lipinski definition) is 1. The van der Waals surface area contributed by atoms with Gasteiger partial charge in [-0.05, 0) is 56.2 Å². The zero-order valence-electron chi connectivity index (χ0n) is 9.78. The Balaban J connectivity index is 1.46. The molecule has 2 bridgehead atoms. The van der Waals surface area contributed by atoms with Crippen LogP contribution in [-0.2, 0) is 6.54 Å². The van der Waals surface area contributed by atoms with Gasteiger partial charge in [-0.3, -0.25) is 0 Å². The number of hydrogen-bond acceptors (Lipinski definition) is 2. The van der Waals surface area contributed by atoms with Crippen LogP contribution < -0.4 is 5.32 Å². The van der Waals surface area contributed by atoms with E-state index in [0.29, 0.717) is 0 Å². The minimum atomic E-state index is 0.843. The SMILES string of the molecule is Cc1ccc(CNCC2CC3C=CC2C3)o1. The second kappa shape index (κ2) is 4.10. The molecule has 1 saturated carbocycles. The van der Waals surface area contributed by atoms with Crippen molar-refractivity contribution in [2.45, 2.75) is 26.3 Å². The summed E-state index contributed by atoms with van der Waals surface area (Å²) >= 11 is 0. The quantitative estimate of drug-likeness (QED) is 0.784. The van der Waals surface area contributed by atoms with E-state index in [1.807, 2.05) is 13.0 Å². The highest BCUT2D eigenvalue weighted by molar-refractivity contribution is 5.10. The summed E-state index contributed by atoms with van der Waals surface area (Å²) in [5, 5.41) is 3.51. The molecule has 0 radical (unpaired) electrons. The van der Waals surface area contributed by atoms with Crippen LogP contribution in [0.1, 0.15) is 24.4 Å². The number of fused-ring (bicyclic) bond motifs is 2. The Kier molecular flexibility index (Phi) is 2.60. The molecule has 0 saturated heterocycles. The minimum absolute atomic E-state index is 0.843. The molecule has 0 aliphatic heterocycles. The molecule has 1 fully saturated rings. The number of allylic oxidation sites excluding steroid dienone is 2. The highest BCUT2D eigenvalue weighted by Gasteiger charge is 2.34. The highest BCUT2D eigenvalue weighted by Crippen LogP contribution is 2.42. The lowest BCUT2D eigenvalue weighted by molar-refractivity contribution is 0.394. The molecule has 1 N–H and O–H groups in total. The van der Waals surface area contributed by atoms with E-state index in [9.17, 15) is 0 Å². The lowest BCUT2D eigenvalue weighted by Gasteiger charge is -2.18. The minimum Gasteiger partial charge on any atom is -0.465 e. The fraction of sp³-hybridized carbons (Fsp3) is 0.571. The van der Waals surface area contributed by atoms with E-state index < -0.39 is 0 Å². The third kappa shape index (κ3) is 1.94. The van der Waals surface area contributed by atoms with Crippen LogP contribution in [0.15, 0.2) is 28.7 Å². The Morgan fingerprint density at radius 3 is 2.88 bits per heavy atom. The van der Waals surface area contributed by atoms with Crippen molar-refractivity contribution in [3.05, 3.63) is 35.8 Å². The van der Waals surface area contributed by atoms with Crippen molar-refractivity contribution in [3.63, 3.8) is 0 Å². The standard InChI is InChI=1S/C14H19NO/c1-10-2-5-14(16-10)9-15-8-13-7-11-3-4-12(13)6-11/h2-5,11-13,15H,6-9H2,1H3. The van der Waals surface area contributed by atoms with Crippen molar-refractivity contribution in [1.29, 1.82) is 0 Å². The molecule has 1 aromatic heterocycles. The zero-order chi connectivity index (χ0) is 11.0. The first-order valence-electron chi connectivity index (χ1n) is 6.25. The topological polar surface area (TPSA) is 25.2 Å². The van der Waals surface area contributed by atoms with E-state index in [4.69, 9.17) is 4.42 Å². The summed E-state index contributed by atoms with van der Waals surface area (Å²) in [7, 11) is 0. The van der Waals surface area contributed by atoms with Crippen molar-refractivity contribution in [2.24, 2.45) is 17.8 Å². The van der Waals surface area contributed by atoms with E-state index >= 15 is 0 Å². The van der Waals surface area contributed by atoms with Crippen LogP contribution in [0.2, 0.25) is 0 Å². The summed E-state index contributed by atoms with van der Waals surface area (Å²) in [6.07, 6.45) is 7.59. The van der Waals surface area contributed by atoms with Crippen molar-refractivity contribution >= 4 is 0 Å². The van der Waals surface area contributed by atoms with Crippen molar-refractivity contribution < 1.29 is 4.42 Å². The van der Waals surface area contributed by atoms with Crippen molar-refractivity contribution in [3.8, 4) is 0 Å². The largest absolute Gasteiger partial charge is 0.465 e.